The minimum atomic E-state index is 0.0816. The molecule has 0 bridgehead atoms. The van der Waals surface area contributed by atoms with Gasteiger partial charge in [0.05, 0.1) is 6.54 Å². The summed E-state index contributed by atoms with van der Waals surface area (Å²) in [5.41, 5.74) is 8.00. The normalized spacial score (nSPS) is 12.1. The summed E-state index contributed by atoms with van der Waals surface area (Å²) >= 11 is 0. The molecule has 1 aromatic heterocycles. The van der Waals surface area contributed by atoms with E-state index in [1.165, 1.54) is 5.56 Å². The van der Waals surface area contributed by atoms with Crippen LogP contribution in [0.4, 0.5) is 0 Å². The fourth-order valence-electron chi connectivity index (χ4n) is 2.22. The van der Waals surface area contributed by atoms with Gasteiger partial charge in [0.25, 0.3) is 5.89 Å². The van der Waals surface area contributed by atoms with Gasteiger partial charge in [-0.15, -0.1) is 0 Å². The predicted octanol–water partition coefficient (Wildman–Crippen LogP) is 2.46. The highest BCUT2D eigenvalue weighted by Crippen LogP contribution is 2.19. The Bertz CT molecular complexity index is 574. The molecule has 0 aliphatic carbocycles. The van der Waals surface area contributed by atoms with Crippen LogP contribution in [0.1, 0.15) is 25.2 Å². The van der Waals surface area contributed by atoms with Gasteiger partial charge in [-0.25, -0.2) is 0 Å². The zero-order valence-electron chi connectivity index (χ0n) is 13.3. The molecule has 0 amide bonds. The molecule has 5 nitrogen and oxygen atoms in total. The third-order valence-electron chi connectivity index (χ3n) is 3.43. The summed E-state index contributed by atoms with van der Waals surface area (Å²) in [6.07, 6.45) is 0. The average Bonchev–Trinajstić information content (AvgIpc) is 2.87. The second-order valence-corrected chi connectivity index (χ2v) is 6.42. The predicted molar refractivity (Wildman–Crippen MR) is 83.6 cm³/mol. The van der Waals surface area contributed by atoms with E-state index in [1.54, 1.807) is 0 Å². The van der Waals surface area contributed by atoms with E-state index < -0.39 is 0 Å². The molecule has 0 unspecified atom stereocenters. The Morgan fingerprint density at radius 2 is 1.90 bits per heavy atom. The van der Waals surface area contributed by atoms with Crippen LogP contribution in [-0.4, -0.2) is 35.2 Å². The molecular weight excluding hydrogens is 264 g/mol. The van der Waals surface area contributed by atoms with Gasteiger partial charge in [0.1, 0.15) is 0 Å². The summed E-state index contributed by atoms with van der Waals surface area (Å²) in [6, 6.07) is 8.06. The molecule has 0 aliphatic heterocycles. The lowest BCUT2D eigenvalue weighted by Crippen LogP contribution is -2.36. The van der Waals surface area contributed by atoms with Gasteiger partial charge >= 0.3 is 0 Å². The number of rotatable bonds is 6. The van der Waals surface area contributed by atoms with Gasteiger partial charge < -0.3 is 10.3 Å². The molecule has 0 aliphatic rings. The molecule has 5 heteroatoms. The van der Waals surface area contributed by atoms with E-state index in [1.807, 2.05) is 31.3 Å². The van der Waals surface area contributed by atoms with E-state index in [0.717, 1.165) is 12.1 Å². The maximum absolute atomic E-state index is 5.76. The van der Waals surface area contributed by atoms with Gasteiger partial charge in [-0.2, -0.15) is 4.98 Å². The monoisotopic (exact) mass is 288 g/mol. The topological polar surface area (TPSA) is 68.2 Å². The third-order valence-corrected chi connectivity index (χ3v) is 3.43. The zero-order valence-corrected chi connectivity index (χ0v) is 13.3. The highest BCUT2D eigenvalue weighted by Gasteiger charge is 2.19. The molecule has 0 radical (unpaired) electrons. The maximum atomic E-state index is 5.76. The van der Waals surface area contributed by atoms with Crippen LogP contribution in [0.15, 0.2) is 28.8 Å². The quantitative estimate of drug-likeness (QED) is 0.884. The second-order valence-electron chi connectivity index (χ2n) is 6.42. The molecule has 0 fully saturated rings. The first-order chi connectivity index (χ1) is 9.89. The van der Waals surface area contributed by atoms with E-state index in [-0.39, 0.29) is 5.41 Å². The van der Waals surface area contributed by atoms with Crippen molar-refractivity contribution < 1.29 is 4.52 Å². The number of aromatic nitrogens is 2. The Balaban J connectivity index is 2.01. The van der Waals surface area contributed by atoms with Crippen molar-refractivity contribution in [3.05, 3.63) is 35.7 Å². The zero-order chi connectivity index (χ0) is 15.5. The lowest BCUT2D eigenvalue weighted by molar-refractivity contribution is 0.204. The second kappa shape index (κ2) is 6.37. The van der Waals surface area contributed by atoms with Crippen LogP contribution >= 0.6 is 0 Å². The summed E-state index contributed by atoms with van der Waals surface area (Å²) in [5.74, 6) is 1.26. The smallest absolute Gasteiger partial charge is 0.257 e. The Kier molecular flexibility index (Phi) is 4.75. The Morgan fingerprint density at radius 3 is 2.52 bits per heavy atom. The number of aryl methyl sites for hydroxylation is 1. The molecule has 0 saturated carbocycles. The lowest BCUT2D eigenvalue weighted by atomic mass is 9.93. The number of nitrogens with two attached hydrogens (primary N) is 1. The molecule has 0 spiro atoms. The SMILES string of the molecule is Cc1ccc(-c2nc(CN(C)CC(C)(C)CN)no2)cc1. The van der Waals surface area contributed by atoms with Gasteiger partial charge in [0, 0.05) is 12.1 Å². The molecule has 2 aromatic rings. The van der Waals surface area contributed by atoms with Crippen LogP contribution in [0.2, 0.25) is 0 Å². The minimum absolute atomic E-state index is 0.0816. The van der Waals surface area contributed by atoms with Crippen LogP contribution < -0.4 is 5.73 Å². The first kappa shape index (κ1) is 15.7. The molecular formula is C16H24N4O. The fraction of sp³-hybridized carbons (Fsp3) is 0.500. The number of nitrogens with zero attached hydrogens (tertiary/aromatic N) is 3. The molecule has 1 heterocycles. The molecule has 0 saturated heterocycles. The van der Waals surface area contributed by atoms with Crippen molar-refractivity contribution >= 4 is 0 Å². The molecule has 2 rings (SSSR count). The highest BCUT2D eigenvalue weighted by atomic mass is 16.5. The van der Waals surface area contributed by atoms with Gasteiger partial charge in [-0.05, 0) is 38.1 Å². The Morgan fingerprint density at radius 1 is 1.24 bits per heavy atom. The summed E-state index contributed by atoms with van der Waals surface area (Å²) in [5, 5.41) is 4.05. The highest BCUT2D eigenvalue weighted by molar-refractivity contribution is 5.53. The lowest BCUT2D eigenvalue weighted by Gasteiger charge is -2.28. The average molecular weight is 288 g/mol. The first-order valence-electron chi connectivity index (χ1n) is 7.18. The number of hydrogen-bond donors (Lipinski definition) is 1. The third kappa shape index (κ3) is 4.37. The number of benzene rings is 1. The van der Waals surface area contributed by atoms with Gasteiger partial charge in [-0.3, -0.25) is 4.90 Å². The van der Waals surface area contributed by atoms with E-state index in [4.69, 9.17) is 10.3 Å². The van der Waals surface area contributed by atoms with Gasteiger partial charge in [0.15, 0.2) is 5.82 Å². The molecule has 0 atom stereocenters. The largest absolute Gasteiger partial charge is 0.334 e. The van der Waals surface area contributed by atoms with E-state index >= 15 is 0 Å². The standard InChI is InChI=1S/C16H24N4O/c1-12-5-7-13(8-6-12)15-18-14(19-21-15)9-20(4)11-16(2,3)10-17/h5-8H,9-11,17H2,1-4H3. The van der Waals surface area contributed by atoms with Crippen molar-refractivity contribution in [3.8, 4) is 11.5 Å². The van der Waals surface area contributed by atoms with Crippen molar-refractivity contribution in [3.63, 3.8) is 0 Å². The first-order valence-corrected chi connectivity index (χ1v) is 7.18. The van der Waals surface area contributed by atoms with Gasteiger partial charge in [0.2, 0.25) is 0 Å². The minimum Gasteiger partial charge on any atom is -0.334 e. The maximum Gasteiger partial charge on any atom is 0.257 e. The van der Waals surface area contributed by atoms with E-state index in [2.05, 4.69) is 35.8 Å². The van der Waals surface area contributed by atoms with E-state index in [9.17, 15) is 0 Å². The van der Waals surface area contributed by atoms with Gasteiger partial charge in [-0.1, -0.05) is 36.7 Å². The van der Waals surface area contributed by atoms with E-state index in [0.29, 0.717) is 24.8 Å². The molecule has 21 heavy (non-hydrogen) atoms. The summed E-state index contributed by atoms with van der Waals surface area (Å²) < 4.78 is 5.34. The number of hydrogen-bond acceptors (Lipinski definition) is 5. The van der Waals surface area contributed by atoms with Crippen molar-refractivity contribution in [2.24, 2.45) is 11.1 Å². The van der Waals surface area contributed by atoms with Crippen LogP contribution in [0.25, 0.3) is 11.5 Å². The van der Waals surface area contributed by atoms with Crippen molar-refractivity contribution in [2.45, 2.75) is 27.3 Å². The van der Waals surface area contributed by atoms with Crippen molar-refractivity contribution in [1.82, 2.24) is 15.0 Å². The summed E-state index contributed by atoms with van der Waals surface area (Å²) in [7, 11) is 2.04. The summed E-state index contributed by atoms with van der Waals surface area (Å²) in [4.78, 5) is 6.62. The van der Waals surface area contributed by atoms with Crippen LogP contribution in [0.5, 0.6) is 0 Å². The fourth-order valence-corrected chi connectivity index (χ4v) is 2.22. The van der Waals surface area contributed by atoms with Crippen LogP contribution in [0, 0.1) is 12.3 Å². The van der Waals surface area contributed by atoms with Crippen LogP contribution in [-0.2, 0) is 6.54 Å². The molecule has 114 valence electrons. The summed E-state index contributed by atoms with van der Waals surface area (Å²) in [6.45, 7) is 8.54. The van der Waals surface area contributed by atoms with Crippen LogP contribution in [0.3, 0.4) is 0 Å². The van der Waals surface area contributed by atoms with Crippen molar-refractivity contribution in [1.29, 1.82) is 0 Å². The Labute approximate surface area is 126 Å². The Hall–Kier alpha value is -1.72. The van der Waals surface area contributed by atoms with Crippen molar-refractivity contribution in [2.75, 3.05) is 20.1 Å². The molecule has 2 N–H and O–H groups in total. The molecule has 1 aromatic carbocycles.